The molecule has 0 aliphatic heterocycles. The Morgan fingerprint density at radius 3 is 2.56 bits per heavy atom. The average molecular weight is 355 g/mol. The molecule has 0 aliphatic carbocycles. The molecule has 3 nitrogen and oxygen atoms in total. The Morgan fingerprint density at radius 1 is 1.28 bits per heavy atom. The number of hydrogen-bond acceptors (Lipinski definition) is 2. The number of halogens is 1. The zero-order valence-corrected chi connectivity index (χ0v) is 12.4. The van der Waals surface area contributed by atoms with E-state index in [1.54, 1.807) is 0 Å². The summed E-state index contributed by atoms with van der Waals surface area (Å²) in [6.45, 7) is 3.95. The van der Waals surface area contributed by atoms with Gasteiger partial charge in [-0.1, -0.05) is 25.1 Å². The van der Waals surface area contributed by atoms with Crippen LogP contribution >= 0.6 is 22.6 Å². The molecular weight excluding hydrogens is 341 g/mol. The highest BCUT2D eigenvalue weighted by atomic mass is 127. The lowest BCUT2D eigenvalue weighted by atomic mass is 10.1. The minimum absolute atomic E-state index is 0.101. The van der Waals surface area contributed by atoms with Crippen LogP contribution in [0.5, 0.6) is 11.5 Å². The van der Waals surface area contributed by atoms with Gasteiger partial charge in [-0.25, -0.2) is 0 Å². The van der Waals surface area contributed by atoms with E-state index in [0.717, 1.165) is 23.4 Å². The van der Waals surface area contributed by atoms with Crippen molar-refractivity contribution in [3.63, 3.8) is 0 Å². The number of rotatable bonds is 3. The van der Waals surface area contributed by atoms with Crippen LogP contribution in [0.4, 0.5) is 0 Å². The summed E-state index contributed by atoms with van der Waals surface area (Å²) in [6.07, 6.45) is 0.820. The minimum Gasteiger partial charge on any atom is -0.456 e. The maximum absolute atomic E-state index is 11.8. The quantitative estimate of drug-likeness (QED) is 0.855. The zero-order valence-electron chi connectivity index (χ0n) is 10.3. The summed E-state index contributed by atoms with van der Waals surface area (Å²) in [5, 5.41) is 0. The molecule has 1 heterocycles. The van der Waals surface area contributed by atoms with Crippen LogP contribution in [0.25, 0.3) is 0 Å². The second-order valence-corrected chi connectivity index (χ2v) is 5.05. The highest BCUT2D eigenvalue weighted by molar-refractivity contribution is 14.1. The Balaban J connectivity index is 2.53. The minimum atomic E-state index is -0.101. The van der Waals surface area contributed by atoms with Gasteiger partial charge in [0.25, 0.3) is 5.56 Å². The molecule has 18 heavy (non-hydrogen) atoms. The van der Waals surface area contributed by atoms with Gasteiger partial charge in [0, 0.05) is 11.3 Å². The SMILES string of the molecule is CCc1c(C)[nH]c(=O)c(I)c1Oc1ccccc1. The second kappa shape index (κ2) is 5.56. The molecule has 1 N–H and O–H groups in total. The van der Waals surface area contributed by atoms with Crippen molar-refractivity contribution in [1.82, 2.24) is 4.98 Å². The number of hydrogen-bond donors (Lipinski definition) is 1. The average Bonchev–Trinajstić information content (AvgIpc) is 2.37. The third-order valence-electron chi connectivity index (χ3n) is 2.74. The lowest BCUT2D eigenvalue weighted by Crippen LogP contribution is -2.15. The van der Waals surface area contributed by atoms with Crippen LogP contribution in [0.2, 0.25) is 0 Å². The summed E-state index contributed by atoms with van der Waals surface area (Å²) >= 11 is 2.03. The van der Waals surface area contributed by atoms with Crippen molar-refractivity contribution in [3.8, 4) is 11.5 Å². The van der Waals surface area contributed by atoms with Crippen molar-refractivity contribution >= 4 is 22.6 Å². The molecule has 0 saturated heterocycles. The van der Waals surface area contributed by atoms with E-state index in [9.17, 15) is 4.79 Å². The molecule has 0 aliphatic rings. The summed E-state index contributed by atoms with van der Waals surface area (Å²) < 4.78 is 6.46. The number of ether oxygens (including phenoxy) is 1. The fourth-order valence-corrected chi connectivity index (χ4v) is 2.42. The van der Waals surface area contributed by atoms with E-state index in [1.807, 2.05) is 59.8 Å². The Hall–Kier alpha value is -1.30. The Kier molecular flexibility index (Phi) is 4.06. The smallest absolute Gasteiger partial charge is 0.265 e. The van der Waals surface area contributed by atoms with Gasteiger partial charge < -0.3 is 9.72 Å². The Bertz CT molecular complexity index is 605. The summed E-state index contributed by atoms with van der Waals surface area (Å²) in [7, 11) is 0. The lowest BCUT2D eigenvalue weighted by Gasteiger charge is -2.13. The van der Waals surface area contributed by atoms with Crippen LogP contribution in [0.15, 0.2) is 35.1 Å². The first-order valence-corrected chi connectivity index (χ1v) is 6.85. The molecule has 0 fully saturated rings. The van der Waals surface area contributed by atoms with Crippen LogP contribution in [0.3, 0.4) is 0 Å². The number of H-pyrrole nitrogens is 1. The van der Waals surface area contributed by atoms with E-state index in [-0.39, 0.29) is 5.56 Å². The molecule has 94 valence electrons. The van der Waals surface area contributed by atoms with Gasteiger partial charge in [0.05, 0.1) is 0 Å². The van der Waals surface area contributed by atoms with Crippen molar-refractivity contribution < 1.29 is 4.74 Å². The van der Waals surface area contributed by atoms with Gasteiger partial charge in [0.2, 0.25) is 0 Å². The number of para-hydroxylation sites is 1. The van der Waals surface area contributed by atoms with Crippen molar-refractivity contribution in [2.45, 2.75) is 20.3 Å². The number of aromatic amines is 1. The Morgan fingerprint density at radius 2 is 1.94 bits per heavy atom. The fourth-order valence-electron chi connectivity index (χ4n) is 1.85. The van der Waals surface area contributed by atoms with Crippen molar-refractivity contribution in [2.75, 3.05) is 0 Å². The van der Waals surface area contributed by atoms with Gasteiger partial charge >= 0.3 is 0 Å². The summed E-state index contributed by atoms with van der Waals surface area (Å²) in [5.41, 5.74) is 1.81. The molecule has 4 heteroatoms. The van der Waals surface area contributed by atoms with Gasteiger partial charge in [-0.2, -0.15) is 0 Å². The fraction of sp³-hybridized carbons (Fsp3) is 0.214. The van der Waals surface area contributed by atoms with Crippen LogP contribution in [-0.2, 0) is 6.42 Å². The van der Waals surface area contributed by atoms with E-state index in [2.05, 4.69) is 11.9 Å². The normalized spacial score (nSPS) is 10.4. The highest BCUT2D eigenvalue weighted by Gasteiger charge is 2.14. The van der Waals surface area contributed by atoms with Crippen LogP contribution in [0, 0.1) is 10.5 Å². The van der Waals surface area contributed by atoms with Gasteiger partial charge in [0.1, 0.15) is 9.32 Å². The van der Waals surface area contributed by atoms with Crippen molar-refractivity contribution in [2.24, 2.45) is 0 Å². The van der Waals surface area contributed by atoms with Gasteiger partial charge in [-0.15, -0.1) is 0 Å². The maximum Gasteiger partial charge on any atom is 0.265 e. The largest absolute Gasteiger partial charge is 0.456 e. The van der Waals surface area contributed by atoms with E-state index in [4.69, 9.17) is 4.74 Å². The van der Waals surface area contributed by atoms with E-state index in [1.165, 1.54) is 0 Å². The first-order chi connectivity index (χ1) is 8.63. The van der Waals surface area contributed by atoms with Crippen LogP contribution in [-0.4, -0.2) is 4.98 Å². The maximum atomic E-state index is 11.8. The molecule has 0 radical (unpaired) electrons. The summed E-state index contributed by atoms with van der Waals surface area (Å²) in [6, 6.07) is 9.52. The predicted molar refractivity (Wildman–Crippen MR) is 80.4 cm³/mol. The molecule has 1 aromatic carbocycles. The number of pyridine rings is 1. The van der Waals surface area contributed by atoms with E-state index in [0.29, 0.717) is 9.32 Å². The third kappa shape index (κ3) is 2.58. The number of aryl methyl sites for hydroxylation is 1. The van der Waals surface area contributed by atoms with Crippen molar-refractivity contribution in [3.05, 3.63) is 55.5 Å². The first-order valence-electron chi connectivity index (χ1n) is 5.77. The van der Waals surface area contributed by atoms with E-state index >= 15 is 0 Å². The molecule has 0 amide bonds. The molecule has 2 aromatic rings. The first kappa shape index (κ1) is 13.1. The van der Waals surface area contributed by atoms with Gasteiger partial charge in [-0.05, 0) is 48.1 Å². The molecule has 0 bridgehead atoms. The Labute approximate surface area is 119 Å². The summed E-state index contributed by atoms with van der Waals surface area (Å²) in [5.74, 6) is 1.42. The topological polar surface area (TPSA) is 42.1 Å². The molecule has 0 spiro atoms. The number of nitrogens with one attached hydrogen (secondary N) is 1. The van der Waals surface area contributed by atoms with Gasteiger partial charge in [0.15, 0.2) is 5.75 Å². The monoisotopic (exact) mass is 355 g/mol. The van der Waals surface area contributed by atoms with Gasteiger partial charge in [-0.3, -0.25) is 4.79 Å². The molecule has 1 aromatic heterocycles. The van der Waals surface area contributed by atoms with E-state index < -0.39 is 0 Å². The van der Waals surface area contributed by atoms with Crippen LogP contribution < -0.4 is 10.3 Å². The number of benzene rings is 1. The molecule has 0 unspecified atom stereocenters. The standard InChI is InChI=1S/C14H14INO2/c1-3-11-9(2)16-14(17)12(15)13(11)18-10-7-5-4-6-8-10/h4-8H,3H2,1-2H3,(H,16,17). The van der Waals surface area contributed by atoms with Crippen molar-refractivity contribution in [1.29, 1.82) is 0 Å². The highest BCUT2D eigenvalue weighted by Crippen LogP contribution is 2.29. The number of aromatic nitrogens is 1. The summed E-state index contributed by atoms with van der Waals surface area (Å²) in [4.78, 5) is 14.6. The molecule has 0 saturated carbocycles. The molecular formula is C14H14INO2. The lowest BCUT2D eigenvalue weighted by molar-refractivity contribution is 0.470. The predicted octanol–water partition coefficient (Wildman–Crippen LogP) is 3.64. The van der Waals surface area contributed by atoms with Crippen LogP contribution in [0.1, 0.15) is 18.2 Å². The third-order valence-corrected chi connectivity index (χ3v) is 3.72. The second-order valence-electron chi connectivity index (χ2n) is 3.97. The molecule has 0 atom stereocenters. The zero-order chi connectivity index (χ0) is 13.1. The molecule has 2 rings (SSSR count).